The van der Waals surface area contributed by atoms with E-state index < -0.39 is 5.97 Å². The lowest BCUT2D eigenvalue weighted by atomic mass is 10.0. The fraction of sp³-hybridized carbons (Fsp3) is 0. The molecule has 0 saturated heterocycles. The van der Waals surface area contributed by atoms with Gasteiger partial charge >= 0.3 is 0 Å². The number of rotatable bonds is 3. The normalized spacial score (nSPS) is 10.0. The van der Waals surface area contributed by atoms with Crippen molar-refractivity contribution in [3.05, 3.63) is 57.8 Å². The first kappa shape index (κ1) is 10.6. The third-order valence-corrected chi connectivity index (χ3v) is 3.03. The lowest BCUT2D eigenvalue weighted by Gasteiger charge is -2.03. The zero-order valence-corrected chi connectivity index (χ0v) is 8.99. The quantitative estimate of drug-likeness (QED) is 0.749. The number of carbonyl (C=O) groups excluding carboxylic acids is 2. The largest absolute Gasteiger partial charge is 0.544 e. The van der Waals surface area contributed by atoms with Crippen LogP contribution in [0, 0.1) is 0 Å². The molecule has 0 atom stereocenters. The third-order valence-electron chi connectivity index (χ3n) is 2.13. The molecule has 0 unspecified atom stereocenters. The van der Waals surface area contributed by atoms with E-state index >= 15 is 0 Å². The number of hydrogen-bond donors (Lipinski definition) is 0. The highest BCUT2D eigenvalue weighted by atomic mass is 32.1. The van der Waals surface area contributed by atoms with Gasteiger partial charge in [0.15, 0.2) is 5.78 Å². The summed E-state index contributed by atoms with van der Waals surface area (Å²) in [6.45, 7) is 0. The van der Waals surface area contributed by atoms with Gasteiger partial charge in [0.05, 0.1) is 10.8 Å². The summed E-state index contributed by atoms with van der Waals surface area (Å²) in [5.74, 6) is -1.60. The summed E-state index contributed by atoms with van der Waals surface area (Å²) in [4.78, 5) is 22.7. The molecule has 0 bridgehead atoms. The monoisotopic (exact) mass is 231 g/mol. The van der Waals surface area contributed by atoms with Gasteiger partial charge in [-0.25, -0.2) is 0 Å². The molecule has 2 aromatic rings. The van der Waals surface area contributed by atoms with Gasteiger partial charge in [-0.05, 0) is 11.4 Å². The van der Waals surface area contributed by atoms with Crippen LogP contribution in [0.5, 0.6) is 0 Å². The van der Waals surface area contributed by atoms with Crippen LogP contribution in [0.4, 0.5) is 0 Å². The van der Waals surface area contributed by atoms with Crippen LogP contribution in [0.15, 0.2) is 41.8 Å². The average molecular weight is 231 g/mol. The Bertz CT molecular complexity index is 528. The summed E-state index contributed by atoms with van der Waals surface area (Å²) < 4.78 is 0. The van der Waals surface area contributed by atoms with Crippen molar-refractivity contribution in [3.63, 3.8) is 0 Å². The molecule has 0 saturated carbocycles. The van der Waals surface area contributed by atoms with Crippen molar-refractivity contribution in [1.29, 1.82) is 0 Å². The van der Waals surface area contributed by atoms with Crippen LogP contribution < -0.4 is 5.11 Å². The van der Waals surface area contributed by atoms with Crippen LogP contribution >= 0.6 is 11.3 Å². The molecule has 0 amide bonds. The highest BCUT2D eigenvalue weighted by Gasteiger charge is 2.14. The fourth-order valence-corrected chi connectivity index (χ4v) is 2.12. The summed E-state index contributed by atoms with van der Waals surface area (Å²) in [6.07, 6.45) is 0. The first-order valence-electron chi connectivity index (χ1n) is 4.58. The van der Waals surface area contributed by atoms with Crippen LogP contribution in [0.2, 0.25) is 0 Å². The van der Waals surface area contributed by atoms with Gasteiger partial charge in [0.1, 0.15) is 0 Å². The van der Waals surface area contributed by atoms with Crippen molar-refractivity contribution in [2.75, 3.05) is 0 Å². The van der Waals surface area contributed by atoms with E-state index in [9.17, 15) is 14.7 Å². The Balaban J connectivity index is 2.42. The van der Waals surface area contributed by atoms with Gasteiger partial charge in [-0.3, -0.25) is 4.79 Å². The Morgan fingerprint density at radius 2 is 1.75 bits per heavy atom. The van der Waals surface area contributed by atoms with Crippen molar-refractivity contribution in [2.24, 2.45) is 0 Å². The Morgan fingerprint density at radius 1 is 1.06 bits per heavy atom. The van der Waals surface area contributed by atoms with E-state index in [1.807, 2.05) is 0 Å². The minimum Gasteiger partial charge on any atom is -0.544 e. The molecule has 2 rings (SSSR count). The summed E-state index contributed by atoms with van der Waals surface area (Å²) >= 11 is 0.998. The summed E-state index contributed by atoms with van der Waals surface area (Å²) in [7, 11) is 0. The number of aromatic carboxylic acids is 1. The number of carboxylic acid groups (broad SMARTS) is 1. The molecule has 0 aliphatic rings. The highest BCUT2D eigenvalue weighted by Crippen LogP contribution is 2.19. The number of ketones is 1. The van der Waals surface area contributed by atoms with Crippen LogP contribution in [-0.2, 0) is 0 Å². The minimum atomic E-state index is -1.31. The number of benzene rings is 1. The lowest BCUT2D eigenvalue weighted by Crippen LogP contribution is -2.23. The standard InChI is InChI=1S/C12H8O3S/c13-10(8-4-2-1-3-5-8)9-6-7-16-11(9)12(14)15/h1-7H,(H,14,15)/p-1. The Hall–Kier alpha value is -1.94. The molecule has 1 aromatic carbocycles. The predicted molar refractivity (Wildman–Crippen MR) is 58.5 cm³/mol. The molecule has 16 heavy (non-hydrogen) atoms. The molecule has 0 N–H and O–H groups in total. The van der Waals surface area contributed by atoms with Gasteiger partial charge in [-0.2, -0.15) is 0 Å². The van der Waals surface area contributed by atoms with Gasteiger partial charge in [-0.15, -0.1) is 11.3 Å². The van der Waals surface area contributed by atoms with Gasteiger partial charge in [0, 0.05) is 11.1 Å². The Labute approximate surface area is 96.0 Å². The second-order valence-corrected chi connectivity index (χ2v) is 4.06. The first-order chi connectivity index (χ1) is 7.70. The maximum atomic E-state index is 11.9. The molecule has 4 heteroatoms. The molecular formula is C12H7O3S-. The Morgan fingerprint density at radius 3 is 2.38 bits per heavy atom. The van der Waals surface area contributed by atoms with Crippen LogP contribution in [0.1, 0.15) is 25.6 Å². The maximum Gasteiger partial charge on any atom is 0.194 e. The molecule has 3 nitrogen and oxygen atoms in total. The molecule has 1 aromatic heterocycles. The van der Waals surface area contributed by atoms with Crippen LogP contribution in [-0.4, -0.2) is 11.8 Å². The van der Waals surface area contributed by atoms with Crippen molar-refractivity contribution >= 4 is 23.1 Å². The summed E-state index contributed by atoms with van der Waals surface area (Å²) in [5.41, 5.74) is 0.666. The number of carbonyl (C=O) groups is 2. The number of hydrogen-bond acceptors (Lipinski definition) is 4. The second-order valence-electron chi connectivity index (χ2n) is 3.15. The van der Waals surface area contributed by atoms with E-state index in [1.54, 1.807) is 35.7 Å². The number of thiophene rings is 1. The smallest absolute Gasteiger partial charge is 0.194 e. The molecule has 1 heterocycles. The van der Waals surface area contributed by atoms with Gasteiger partial charge < -0.3 is 9.90 Å². The first-order valence-corrected chi connectivity index (χ1v) is 5.46. The predicted octanol–water partition coefficient (Wildman–Crippen LogP) is 1.34. The van der Waals surface area contributed by atoms with Gasteiger partial charge in [0.25, 0.3) is 0 Å². The minimum absolute atomic E-state index is 0.0196. The summed E-state index contributed by atoms with van der Waals surface area (Å²) in [5, 5.41) is 12.3. The topological polar surface area (TPSA) is 57.2 Å². The molecule has 0 radical (unpaired) electrons. The van der Waals surface area contributed by atoms with Gasteiger partial charge in [0.2, 0.25) is 0 Å². The van der Waals surface area contributed by atoms with Crippen LogP contribution in [0.25, 0.3) is 0 Å². The van der Waals surface area contributed by atoms with E-state index in [2.05, 4.69) is 0 Å². The van der Waals surface area contributed by atoms with E-state index in [4.69, 9.17) is 0 Å². The Kier molecular flexibility index (Phi) is 2.83. The molecule has 80 valence electrons. The SMILES string of the molecule is O=C(c1ccccc1)c1ccsc1C(=O)[O-]. The molecule has 0 spiro atoms. The van der Waals surface area contributed by atoms with E-state index in [0.717, 1.165) is 11.3 Å². The van der Waals surface area contributed by atoms with Gasteiger partial charge in [-0.1, -0.05) is 30.3 Å². The van der Waals surface area contributed by atoms with E-state index in [-0.39, 0.29) is 16.2 Å². The van der Waals surface area contributed by atoms with Crippen molar-refractivity contribution in [3.8, 4) is 0 Å². The number of carboxylic acids is 1. The summed E-state index contributed by atoms with van der Waals surface area (Å²) in [6, 6.07) is 10.1. The van der Waals surface area contributed by atoms with Crippen molar-refractivity contribution in [1.82, 2.24) is 0 Å². The van der Waals surface area contributed by atoms with E-state index in [0.29, 0.717) is 5.56 Å². The third kappa shape index (κ3) is 1.87. The molecular weight excluding hydrogens is 224 g/mol. The maximum absolute atomic E-state index is 11.9. The van der Waals surface area contributed by atoms with Crippen molar-refractivity contribution < 1.29 is 14.7 Å². The molecule has 0 fully saturated rings. The highest BCUT2D eigenvalue weighted by molar-refractivity contribution is 7.12. The molecule has 0 aliphatic carbocycles. The molecule has 0 aliphatic heterocycles. The van der Waals surface area contributed by atoms with Crippen molar-refractivity contribution in [2.45, 2.75) is 0 Å². The second kappa shape index (κ2) is 4.28. The fourth-order valence-electron chi connectivity index (χ4n) is 1.39. The zero-order chi connectivity index (χ0) is 11.5. The lowest BCUT2D eigenvalue weighted by molar-refractivity contribution is -0.254. The van der Waals surface area contributed by atoms with Crippen LogP contribution in [0.3, 0.4) is 0 Å². The average Bonchev–Trinajstić information content (AvgIpc) is 2.78. The zero-order valence-electron chi connectivity index (χ0n) is 8.17. The van der Waals surface area contributed by atoms with E-state index in [1.165, 1.54) is 6.07 Å².